The normalized spacial score (nSPS) is 11.3. The average molecular weight is 330 g/mol. The predicted molar refractivity (Wildman–Crippen MR) is 81.2 cm³/mol. The van der Waals surface area contributed by atoms with E-state index in [2.05, 4.69) is 4.98 Å². The van der Waals surface area contributed by atoms with E-state index in [1.807, 2.05) is 12.3 Å². The molecule has 0 aliphatic heterocycles. The number of benzene rings is 1. The predicted octanol–water partition coefficient (Wildman–Crippen LogP) is 3.42. The molecule has 0 atom stereocenters. The van der Waals surface area contributed by atoms with Gasteiger partial charge in [0.05, 0.1) is 9.77 Å². The molecule has 3 rings (SSSR count). The van der Waals surface area contributed by atoms with Crippen LogP contribution >= 0.6 is 11.3 Å². The molecule has 2 heterocycles. The summed E-state index contributed by atoms with van der Waals surface area (Å²) < 4.78 is 30.6. The van der Waals surface area contributed by atoms with E-state index in [0.29, 0.717) is 4.88 Å². The minimum Gasteiger partial charge on any atom is -0.422 e. The first kappa shape index (κ1) is 14.5. The van der Waals surface area contributed by atoms with Crippen molar-refractivity contribution in [2.24, 2.45) is 0 Å². The second kappa shape index (κ2) is 5.40. The highest BCUT2D eigenvalue weighted by molar-refractivity contribution is 7.91. The van der Waals surface area contributed by atoms with E-state index in [4.69, 9.17) is 9.68 Å². The maximum absolute atomic E-state index is 12.6. The van der Waals surface area contributed by atoms with Crippen molar-refractivity contribution in [1.82, 2.24) is 4.98 Å². The molecule has 1 aromatic carbocycles. The van der Waals surface area contributed by atoms with Crippen LogP contribution in [0.3, 0.4) is 0 Å². The summed E-state index contributed by atoms with van der Waals surface area (Å²) in [5, 5.41) is 10.6. The van der Waals surface area contributed by atoms with Crippen LogP contribution in [0.2, 0.25) is 0 Å². The Hall–Kier alpha value is -2.43. The molecule has 0 unspecified atom stereocenters. The molecule has 7 heteroatoms. The van der Waals surface area contributed by atoms with Crippen molar-refractivity contribution < 1.29 is 12.8 Å². The number of sulfone groups is 1. The van der Waals surface area contributed by atoms with Gasteiger partial charge in [0, 0.05) is 0 Å². The second-order valence-corrected chi connectivity index (χ2v) is 7.36. The summed E-state index contributed by atoms with van der Waals surface area (Å²) in [5.74, 6) is 0.136. The molecule has 110 valence electrons. The van der Waals surface area contributed by atoms with Crippen LogP contribution in [-0.4, -0.2) is 13.4 Å². The number of thiophene rings is 1. The number of aryl methyl sites for hydroxylation is 1. The molecule has 0 bridgehead atoms. The third kappa shape index (κ3) is 2.43. The van der Waals surface area contributed by atoms with E-state index in [0.717, 1.165) is 5.56 Å². The summed E-state index contributed by atoms with van der Waals surface area (Å²) >= 11 is 1.36. The number of nitriles is 1. The highest BCUT2D eigenvalue weighted by Gasteiger charge is 2.28. The Labute approximate surface area is 131 Å². The molecule has 0 spiro atoms. The Morgan fingerprint density at radius 2 is 1.95 bits per heavy atom. The molecule has 0 saturated heterocycles. The van der Waals surface area contributed by atoms with Crippen molar-refractivity contribution in [2.45, 2.75) is 16.9 Å². The van der Waals surface area contributed by atoms with E-state index >= 15 is 0 Å². The van der Waals surface area contributed by atoms with Gasteiger partial charge in [0.25, 0.3) is 5.09 Å². The van der Waals surface area contributed by atoms with Crippen LogP contribution in [0.1, 0.15) is 11.3 Å². The van der Waals surface area contributed by atoms with Crippen molar-refractivity contribution >= 4 is 21.2 Å². The van der Waals surface area contributed by atoms with Gasteiger partial charge in [-0.3, -0.25) is 0 Å². The number of aromatic nitrogens is 1. The van der Waals surface area contributed by atoms with E-state index in [9.17, 15) is 8.42 Å². The topological polar surface area (TPSA) is 84.0 Å². The molecule has 0 N–H and O–H groups in total. The zero-order chi connectivity index (χ0) is 15.7. The van der Waals surface area contributed by atoms with E-state index < -0.39 is 14.9 Å². The number of hydrogen-bond donors (Lipinski definition) is 0. The van der Waals surface area contributed by atoms with E-state index in [1.165, 1.54) is 23.5 Å². The van der Waals surface area contributed by atoms with Crippen LogP contribution < -0.4 is 0 Å². The number of nitrogens with zero attached hydrogens (tertiary/aromatic N) is 2. The van der Waals surface area contributed by atoms with Crippen molar-refractivity contribution in [3.05, 3.63) is 53.0 Å². The molecular weight excluding hydrogens is 320 g/mol. The van der Waals surface area contributed by atoms with Crippen LogP contribution in [0.5, 0.6) is 0 Å². The highest BCUT2D eigenvalue weighted by atomic mass is 32.2. The van der Waals surface area contributed by atoms with E-state index in [1.54, 1.807) is 30.3 Å². The van der Waals surface area contributed by atoms with Gasteiger partial charge in [0.2, 0.25) is 15.7 Å². The number of rotatable bonds is 3. The zero-order valence-electron chi connectivity index (χ0n) is 11.5. The number of oxazole rings is 1. The third-order valence-corrected chi connectivity index (χ3v) is 5.52. The molecule has 0 fully saturated rings. The van der Waals surface area contributed by atoms with Crippen LogP contribution in [-0.2, 0) is 9.84 Å². The Morgan fingerprint density at radius 3 is 2.55 bits per heavy atom. The fourth-order valence-corrected chi connectivity index (χ4v) is 3.78. The van der Waals surface area contributed by atoms with Crippen molar-refractivity contribution in [3.63, 3.8) is 0 Å². The van der Waals surface area contributed by atoms with Crippen LogP contribution in [0.15, 0.2) is 56.2 Å². The summed E-state index contributed by atoms with van der Waals surface area (Å²) in [5.41, 5.74) is 0.709. The first-order chi connectivity index (χ1) is 10.5. The van der Waals surface area contributed by atoms with Gasteiger partial charge in [0.1, 0.15) is 6.07 Å². The first-order valence-electron chi connectivity index (χ1n) is 6.29. The first-order valence-corrected chi connectivity index (χ1v) is 8.65. The molecule has 0 amide bonds. The summed E-state index contributed by atoms with van der Waals surface area (Å²) in [6.07, 6.45) is 0. The lowest BCUT2D eigenvalue weighted by Gasteiger charge is -2.01. The lowest BCUT2D eigenvalue weighted by Crippen LogP contribution is -2.02. The molecule has 0 saturated carbocycles. The molecule has 0 aliphatic rings. The Balaban J connectivity index is 2.15. The van der Waals surface area contributed by atoms with Gasteiger partial charge in [-0.2, -0.15) is 10.2 Å². The smallest absolute Gasteiger partial charge is 0.261 e. The van der Waals surface area contributed by atoms with Gasteiger partial charge < -0.3 is 4.42 Å². The van der Waals surface area contributed by atoms with Gasteiger partial charge in [-0.1, -0.05) is 23.8 Å². The Kier molecular flexibility index (Phi) is 3.56. The van der Waals surface area contributed by atoms with Crippen LogP contribution in [0.4, 0.5) is 0 Å². The summed E-state index contributed by atoms with van der Waals surface area (Å²) in [7, 11) is -3.92. The molecular formula is C15H10N2O3S2. The summed E-state index contributed by atoms with van der Waals surface area (Å²) in [6.45, 7) is 1.86. The maximum atomic E-state index is 12.6. The fourth-order valence-electron chi connectivity index (χ4n) is 1.89. The van der Waals surface area contributed by atoms with Gasteiger partial charge in [0.15, 0.2) is 5.69 Å². The molecule has 0 aliphatic carbocycles. The van der Waals surface area contributed by atoms with Crippen molar-refractivity contribution in [1.29, 1.82) is 5.26 Å². The average Bonchev–Trinajstić information content (AvgIpc) is 3.16. The highest BCUT2D eigenvalue weighted by Crippen LogP contribution is 2.31. The standard InChI is InChI=1S/C15H10N2O3S2/c1-10-4-6-11(7-5-10)22(18,19)15-12(9-16)17-14(20-15)13-3-2-8-21-13/h2-8H,1H3. The molecule has 5 nitrogen and oxygen atoms in total. The summed E-state index contributed by atoms with van der Waals surface area (Å²) in [4.78, 5) is 4.73. The fraction of sp³-hybridized carbons (Fsp3) is 0.0667. The van der Waals surface area contributed by atoms with Crippen LogP contribution in [0.25, 0.3) is 10.8 Å². The van der Waals surface area contributed by atoms with Crippen molar-refractivity contribution in [2.75, 3.05) is 0 Å². The lowest BCUT2D eigenvalue weighted by atomic mass is 10.2. The lowest BCUT2D eigenvalue weighted by molar-refractivity contribution is 0.458. The minimum absolute atomic E-state index is 0.0727. The molecule has 0 radical (unpaired) electrons. The SMILES string of the molecule is Cc1ccc(S(=O)(=O)c2oc(-c3cccs3)nc2C#N)cc1. The monoisotopic (exact) mass is 330 g/mol. The summed E-state index contributed by atoms with van der Waals surface area (Å²) in [6, 6.07) is 11.7. The van der Waals surface area contributed by atoms with Gasteiger partial charge >= 0.3 is 0 Å². The molecule has 3 aromatic rings. The van der Waals surface area contributed by atoms with Gasteiger partial charge in [-0.15, -0.1) is 11.3 Å². The minimum atomic E-state index is -3.92. The van der Waals surface area contributed by atoms with Gasteiger partial charge in [-0.05, 0) is 30.5 Å². The number of hydrogen-bond acceptors (Lipinski definition) is 6. The Bertz CT molecular complexity index is 947. The third-order valence-electron chi connectivity index (χ3n) is 3.01. The quantitative estimate of drug-likeness (QED) is 0.734. The zero-order valence-corrected chi connectivity index (χ0v) is 13.1. The van der Waals surface area contributed by atoms with Crippen LogP contribution in [0, 0.1) is 18.3 Å². The Morgan fingerprint density at radius 1 is 1.23 bits per heavy atom. The molecule has 22 heavy (non-hydrogen) atoms. The largest absolute Gasteiger partial charge is 0.422 e. The second-order valence-electron chi connectivity index (χ2n) is 4.56. The molecule has 2 aromatic heterocycles. The van der Waals surface area contributed by atoms with Crippen molar-refractivity contribution in [3.8, 4) is 16.8 Å². The maximum Gasteiger partial charge on any atom is 0.261 e. The van der Waals surface area contributed by atoms with Gasteiger partial charge in [-0.25, -0.2) is 8.42 Å². The van der Waals surface area contributed by atoms with E-state index in [-0.39, 0.29) is 16.5 Å².